The maximum Gasteiger partial charge on any atom is 0.409 e. The monoisotopic (exact) mass is 181 g/mol. The number of amides is 1. The number of benzene rings is 1. The van der Waals surface area contributed by atoms with Crippen molar-refractivity contribution in [1.29, 1.82) is 0 Å². The quantitative estimate of drug-likeness (QED) is 0.769. The van der Waals surface area contributed by atoms with E-state index in [1.807, 2.05) is 6.92 Å². The summed E-state index contributed by atoms with van der Waals surface area (Å²) in [6.45, 7) is 2.45. The van der Waals surface area contributed by atoms with Crippen molar-refractivity contribution in [2.45, 2.75) is 6.92 Å². The van der Waals surface area contributed by atoms with E-state index in [0.717, 1.165) is 0 Å². The second-order valence-electron chi connectivity index (χ2n) is 2.33. The van der Waals surface area contributed by atoms with Crippen LogP contribution in [0.5, 0.6) is 11.5 Å². The first-order valence-corrected chi connectivity index (χ1v) is 3.92. The molecule has 2 N–H and O–H groups in total. The van der Waals surface area contributed by atoms with Crippen LogP contribution in [-0.4, -0.2) is 12.7 Å². The highest BCUT2D eigenvalue weighted by molar-refractivity contribution is 5.68. The summed E-state index contributed by atoms with van der Waals surface area (Å²) in [5, 5.41) is 0. The van der Waals surface area contributed by atoms with Gasteiger partial charge in [-0.2, -0.15) is 0 Å². The van der Waals surface area contributed by atoms with E-state index in [1.165, 1.54) is 0 Å². The van der Waals surface area contributed by atoms with Crippen molar-refractivity contribution in [3.63, 3.8) is 0 Å². The molecular formula is C9H11NO3. The van der Waals surface area contributed by atoms with Gasteiger partial charge in [-0.05, 0) is 19.1 Å². The molecule has 0 aliphatic carbocycles. The van der Waals surface area contributed by atoms with E-state index in [9.17, 15) is 4.79 Å². The Morgan fingerprint density at radius 1 is 1.46 bits per heavy atom. The maximum absolute atomic E-state index is 10.4. The third kappa shape index (κ3) is 3.02. The van der Waals surface area contributed by atoms with Crippen molar-refractivity contribution in [3.8, 4) is 11.5 Å². The van der Waals surface area contributed by atoms with Gasteiger partial charge in [0.25, 0.3) is 0 Å². The molecule has 0 aliphatic rings. The van der Waals surface area contributed by atoms with Gasteiger partial charge in [-0.25, -0.2) is 4.79 Å². The van der Waals surface area contributed by atoms with E-state index < -0.39 is 6.09 Å². The molecule has 0 aliphatic heterocycles. The van der Waals surface area contributed by atoms with Crippen molar-refractivity contribution < 1.29 is 14.3 Å². The molecular weight excluding hydrogens is 170 g/mol. The third-order valence-corrected chi connectivity index (χ3v) is 1.33. The molecule has 1 amide bonds. The van der Waals surface area contributed by atoms with Crippen molar-refractivity contribution in [1.82, 2.24) is 0 Å². The number of carbonyl (C=O) groups excluding carboxylic acids is 1. The van der Waals surface area contributed by atoms with Crippen LogP contribution < -0.4 is 15.2 Å². The molecule has 0 unspecified atom stereocenters. The molecule has 4 heteroatoms. The van der Waals surface area contributed by atoms with E-state index in [1.54, 1.807) is 24.3 Å². The minimum absolute atomic E-state index is 0.387. The molecule has 0 heterocycles. The van der Waals surface area contributed by atoms with Crippen LogP contribution in [0.4, 0.5) is 4.79 Å². The summed E-state index contributed by atoms with van der Waals surface area (Å²) < 4.78 is 9.86. The molecule has 0 spiro atoms. The molecule has 0 saturated heterocycles. The summed E-state index contributed by atoms with van der Waals surface area (Å²) >= 11 is 0. The maximum atomic E-state index is 10.4. The molecule has 0 atom stereocenters. The lowest BCUT2D eigenvalue weighted by atomic mass is 10.3. The van der Waals surface area contributed by atoms with Gasteiger partial charge in [0.15, 0.2) is 0 Å². The summed E-state index contributed by atoms with van der Waals surface area (Å²) in [6.07, 6.45) is -0.825. The first-order chi connectivity index (χ1) is 6.22. The predicted octanol–water partition coefficient (Wildman–Crippen LogP) is 1.54. The SMILES string of the molecule is CCOc1cccc(OC(N)=O)c1. The zero-order valence-corrected chi connectivity index (χ0v) is 7.32. The summed E-state index contributed by atoms with van der Waals surface area (Å²) in [7, 11) is 0. The molecule has 0 radical (unpaired) electrons. The second-order valence-corrected chi connectivity index (χ2v) is 2.33. The zero-order valence-electron chi connectivity index (χ0n) is 7.32. The van der Waals surface area contributed by atoms with Gasteiger partial charge < -0.3 is 15.2 Å². The highest BCUT2D eigenvalue weighted by Gasteiger charge is 1.99. The molecule has 1 aromatic rings. The fraction of sp³-hybridized carbons (Fsp3) is 0.222. The fourth-order valence-electron chi connectivity index (χ4n) is 0.910. The number of nitrogens with two attached hydrogens (primary N) is 1. The van der Waals surface area contributed by atoms with Crippen LogP contribution in [0.2, 0.25) is 0 Å². The minimum Gasteiger partial charge on any atom is -0.494 e. The van der Waals surface area contributed by atoms with E-state index in [0.29, 0.717) is 18.1 Å². The number of hydrogen-bond acceptors (Lipinski definition) is 3. The van der Waals surface area contributed by atoms with Crippen LogP contribution in [0.25, 0.3) is 0 Å². The van der Waals surface area contributed by atoms with E-state index in [4.69, 9.17) is 10.5 Å². The highest BCUT2D eigenvalue weighted by Crippen LogP contribution is 2.18. The average molecular weight is 181 g/mol. The minimum atomic E-state index is -0.825. The Balaban J connectivity index is 2.73. The van der Waals surface area contributed by atoms with Crippen molar-refractivity contribution in [3.05, 3.63) is 24.3 Å². The molecule has 0 aromatic heterocycles. The van der Waals surface area contributed by atoms with Gasteiger partial charge in [-0.15, -0.1) is 0 Å². The molecule has 0 saturated carbocycles. The van der Waals surface area contributed by atoms with Gasteiger partial charge >= 0.3 is 6.09 Å². The molecule has 0 bridgehead atoms. The van der Waals surface area contributed by atoms with Crippen molar-refractivity contribution >= 4 is 6.09 Å². The topological polar surface area (TPSA) is 61.6 Å². The molecule has 70 valence electrons. The van der Waals surface area contributed by atoms with Crippen molar-refractivity contribution in [2.24, 2.45) is 5.73 Å². The Kier molecular flexibility index (Phi) is 3.14. The molecule has 1 rings (SSSR count). The van der Waals surface area contributed by atoms with Gasteiger partial charge in [0.1, 0.15) is 11.5 Å². The summed E-state index contributed by atoms with van der Waals surface area (Å²) in [6, 6.07) is 6.74. The number of ether oxygens (including phenoxy) is 2. The number of hydrogen-bond donors (Lipinski definition) is 1. The highest BCUT2D eigenvalue weighted by atomic mass is 16.5. The Hall–Kier alpha value is -1.71. The van der Waals surface area contributed by atoms with Crippen LogP contribution in [0.3, 0.4) is 0 Å². The predicted molar refractivity (Wildman–Crippen MR) is 47.8 cm³/mol. The van der Waals surface area contributed by atoms with Crippen LogP contribution >= 0.6 is 0 Å². The third-order valence-electron chi connectivity index (χ3n) is 1.33. The van der Waals surface area contributed by atoms with Crippen LogP contribution in [0, 0.1) is 0 Å². The van der Waals surface area contributed by atoms with Gasteiger partial charge in [0.05, 0.1) is 6.61 Å². The molecule has 1 aromatic carbocycles. The lowest BCUT2D eigenvalue weighted by Crippen LogP contribution is -2.16. The Morgan fingerprint density at radius 2 is 2.15 bits per heavy atom. The standard InChI is InChI=1S/C9H11NO3/c1-2-12-7-4-3-5-8(6-7)13-9(10)11/h3-6H,2H2,1H3,(H2,10,11). The summed E-state index contributed by atoms with van der Waals surface area (Å²) in [4.78, 5) is 10.4. The smallest absolute Gasteiger partial charge is 0.409 e. The Morgan fingerprint density at radius 3 is 2.77 bits per heavy atom. The molecule has 4 nitrogen and oxygen atoms in total. The first kappa shape index (κ1) is 9.38. The van der Waals surface area contributed by atoms with Gasteiger partial charge in [-0.1, -0.05) is 6.07 Å². The molecule has 0 fully saturated rings. The largest absolute Gasteiger partial charge is 0.494 e. The second kappa shape index (κ2) is 4.35. The van der Waals surface area contributed by atoms with Gasteiger partial charge in [0, 0.05) is 6.07 Å². The zero-order chi connectivity index (χ0) is 9.68. The normalized spacial score (nSPS) is 9.31. The van der Waals surface area contributed by atoms with Gasteiger partial charge in [0.2, 0.25) is 0 Å². The first-order valence-electron chi connectivity index (χ1n) is 3.92. The average Bonchev–Trinajstić information content (AvgIpc) is 2.04. The lowest BCUT2D eigenvalue weighted by Gasteiger charge is -2.04. The Bertz CT molecular complexity index is 299. The number of rotatable bonds is 3. The molecule has 13 heavy (non-hydrogen) atoms. The Labute approximate surface area is 76.3 Å². The van der Waals surface area contributed by atoms with E-state index in [2.05, 4.69) is 4.74 Å². The summed E-state index contributed by atoms with van der Waals surface area (Å²) in [5.41, 5.74) is 4.85. The number of primary amides is 1. The van der Waals surface area contributed by atoms with Crippen LogP contribution in [0.1, 0.15) is 6.92 Å². The fourth-order valence-corrected chi connectivity index (χ4v) is 0.910. The number of carbonyl (C=O) groups is 1. The van der Waals surface area contributed by atoms with Gasteiger partial charge in [-0.3, -0.25) is 0 Å². The lowest BCUT2D eigenvalue weighted by molar-refractivity contribution is 0.210. The van der Waals surface area contributed by atoms with Crippen LogP contribution in [0.15, 0.2) is 24.3 Å². The van der Waals surface area contributed by atoms with E-state index >= 15 is 0 Å². The summed E-state index contributed by atoms with van der Waals surface area (Å²) in [5.74, 6) is 1.04. The van der Waals surface area contributed by atoms with Crippen LogP contribution in [-0.2, 0) is 0 Å². The van der Waals surface area contributed by atoms with E-state index in [-0.39, 0.29) is 0 Å². The van der Waals surface area contributed by atoms with Crippen molar-refractivity contribution in [2.75, 3.05) is 6.61 Å².